The Hall–Kier alpha value is -7.42. The molecule has 1 aliphatic rings. The molecule has 0 amide bonds. The van der Waals surface area contributed by atoms with E-state index in [1.807, 2.05) is 18.2 Å². The Morgan fingerprint density at radius 1 is 0.322 bits per heavy atom. The summed E-state index contributed by atoms with van der Waals surface area (Å²) in [6, 6.07) is 74.5. The van der Waals surface area contributed by atoms with Gasteiger partial charge in [-0.05, 0) is 108 Å². The molecule has 1 aliphatic carbocycles. The highest BCUT2D eigenvalue weighted by atomic mass is 14.9. The van der Waals surface area contributed by atoms with Gasteiger partial charge in [-0.3, -0.25) is 0 Å². The van der Waals surface area contributed by atoms with E-state index in [2.05, 4.69) is 202 Å². The average molecular weight is 753 g/mol. The smallest absolute Gasteiger partial charge is 0.160 e. The van der Waals surface area contributed by atoms with Crippen LogP contribution in [0.4, 0.5) is 0 Å². The van der Waals surface area contributed by atoms with E-state index in [0.717, 1.165) is 33.5 Å². The van der Waals surface area contributed by atoms with Crippen molar-refractivity contribution in [3.05, 3.63) is 217 Å². The molecule has 2 nitrogen and oxygen atoms in total. The largest absolute Gasteiger partial charge is 0.228 e. The topological polar surface area (TPSA) is 25.8 Å². The highest BCUT2D eigenvalue weighted by Gasteiger charge is 2.36. The number of rotatable bonds is 6. The monoisotopic (exact) mass is 752 g/mol. The first-order valence-electron chi connectivity index (χ1n) is 20.4. The first kappa shape index (κ1) is 34.8. The van der Waals surface area contributed by atoms with Gasteiger partial charge < -0.3 is 0 Å². The molecule has 1 heterocycles. The lowest BCUT2D eigenvalue weighted by atomic mass is 9.81. The van der Waals surface area contributed by atoms with Crippen LogP contribution in [0.5, 0.6) is 0 Å². The Kier molecular flexibility index (Phi) is 8.20. The van der Waals surface area contributed by atoms with Crippen molar-refractivity contribution in [2.24, 2.45) is 0 Å². The Labute approximate surface area is 345 Å². The van der Waals surface area contributed by atoms with Crippen molar-refractivity contribution < 1.29 is 0 Å². The first-order valence-corrected chi connectivity index (χ1v) is 20.4. The van der Waals surface area contributed by atoms with Gasteiger partial charge in [0, 0.05) is 22.1 Å². The second kappa shape index (κ2) is 13.9. The zero-order valence-corrected chi connectivity index (χ0v) is 33.0. The lowest BCUT2D eigenvalue weighted by molar-refractivity contribution is 0.660. The third-order valence-electron chi connectivity index (χ3n) is 12.3. The Morgan fingerprint density at radius 2 is 0.898 bits per heavy atom. The van der Waals surface area contributed by atoms with E-state index in [1.165, 1.54) is 71.8 Å². The molecular formula is C57H40N2. The fourth-order valence-electron chi connectivity index (χ4n) is 9.30. The summed E-state index contributed by atoms with van der Waals surface area (Å²) in [4.78, 5) is 10.4. The third kappa shape index (κ3) is 5.96. The van der Waals surface area contributed by atoms with Crippen molar-refractivity contribution in [1.82, 2.24) is 9.97 Å². The van der Waals surface area contributed by atoms with Crippen LogP contribution in [0.1, 0.15) is 25.0 Å². The minimum Gasteiger partial charge on any atom is -0.228 e. The Balaban J connectivity index is 1.11. The first-order chi connectivity index (χ1) is 29.0. The summed E-state index contributed by atoms with van der Waals surface area (Å²) in [6.45, 7) is 4.71. The highest BCUT2D eigenvalue weighted by Crippen LogP contribution is 2.52. The van der Waals surface area contributed by atoms with Crippen LogP contribution in [0.15, 0.2) is 206 Å². The van der Waals surface area contributed by atoms with E-state index >= 15 is 0 Å². The zero-order chi connectivity index (χ0) is 39.5. The van der Waals surface area contributed by atoms with Crippen LogP contribution in [-0.2, 0) is 5.41 Å². The molecule has 1 aromatic heterocycles. The molecular weight excluding hydrogens is 713 g/mol. The van der Waals surface area contributed by atoms with Crippen molar-refractivity contribution in [1.29, 1.82) is 0 Å². The fourth-order valence-corrected chi connectivity index (χ4v) is 9.30. The van der Waals surface area contributed by atoms with Gasteiger partial charge in [-0.1, -0.05) is 190 Å². The van der Waals surface area contributed by atoms with Gasteiger partial charge >= 0.3 is 0 Å². The average Bonchev–Trinajstić information content (AvgIpc) is 3.54. The lowest BCUT2D eigenvalue weighted by Crippen LogP contribution is -2.14. The summed E-state index contributed by atoms with van der Waals surface area (Å²) in [7, 11) is 0. The molecule has 2 heteroatoms. The molecule has 0 saturated carbocycles. The predicted octanol–water partition coefficient (Wildman–Crippen LogP) is 15.1. The maximum Gasteiger partial charge on any atom is 0.160 e. The quantitative estimate of drug-likeness (QED) is 0.169. The SMILES string of the molecule is CC1(C)c2ccccc2-c2c(-c3cc(-c4ccccc4)cc(-c4ccc(-c5cc(-c6ccc7ccccc7c6)nc(-c6ccccc6)n5)c5ccccc45)c3)cccc21. The van der Waals surface area contributed by atoms with Crippen molar-refractivity contribution in [2.75, 3.05) is 0 Å². The standard InChI is InChI=1S/C57H40N2/c1-57(2)51-26-14-13-24-50(51)55-46(25-15-27-52(55)57)44-34-42(37-16-5-3-6-17-37)33-43(35-44)45-30-31-49(48-23-12-11-22-47(45)48)54-36-53(58-56(59-54)39-19-7-4-8-20-39)41-29-28-38-18-9-10-21-40(38)32-41/h3-36H,1-2H3. The van der Waals surface area contributed by atoms with Gasteiger partial charge in [-0.2, -0.15) is 0 Å². The molecule has 10 aromatic rings. The summed E-state index contributed by atoms with van der Waals surface area (Å²) >= 11 is 0. The van der Waals surface area contributed by atoms with Crippen molar-refractivity contribution in [2.45, 2.75) is 19.3 Å². The van der Waals surface area contributed by atoms with E-state index in [0.29, 0.717) is 5.82 Å². The Morgan fingerprint density at radius 3 is 1.69 bits per heavy atom. The van der Waals surface area contributed by atoms with Crippen molar-refractivity contribution >= 4 is 21.5 Å². The van der Waals surface area contributed by atoms with Crippen molar-refractivity contribution in [3.63, 3.8) is 0 Å². The van der Waals surface area contributed by atoms with Gasteiger partial charge in [0.2, 0.25) is 0 Å². The molecule has 0 bridgehead atoms. The third-order valence-corrected chi connectivity index (χ3v) is 12.3. The molecule has 278 valence electrons. The lowest BCUT2D eigenvalue weighted by Gasteiger charge is -2.21. The molecule has 59 heavy (non-hydrogen) atoms. The van der Waals surface area contributed by atoms with E-state index in [-0.39, 0.29) is 5.41 Å². The fraction of sp³-hybridized carbons (Fsp3) is 0.0526. The van der Waals surface area contributed by atoms with E-state index in [1.54, 1.807) is 0 Å². The van der Waals surface area contributed by atoms with Crippen LogP contribution in [0.2, 0.25) is 0 Å². The minimum absolute atomic E-state index is 0.0800. The van der Waals surface area contributed by atoms with Gasteiger partial charge in [-0.15, -0.1) is 0 Å². The van der Waals surface area contributed by atoms with Gasteiger partial charge in [0.1, 0.15) is 0 Å². The Bertz CT molecular complexity index is 3230. The normalized spacial score (nSPS) is 12.7. The van der Waals surface area contributed by atoms with Gasteiger partial charge in [-0.25, -0.2) is 9.97 Å². The second-order valence-corrected chi connectivity index (χ2v) is 16.2. The summed E-state index contributed by atoms with van der Waals surface area (Å²) in [6.07, 6.45) is 0. The minimum atomic E-state index is -0.0800. The summed E-state index contributed by atoms with van der Waals surface area (Å²) < 4.78 is 0. The number of hydrogen-bond acceptors (Lipinski definition) is 2. The van der Waals surface area contributed by atoms with Gasteiger partial charge in [0.15, 0.2) is 5.82 Å². The molecule has 11 rings (SSSR count). The number of nitrogens with zero attached hydrogens (tertiary/aromatic N) is 2. The number of benzene rings is 9. The highest BCUT2D eigenvalue weighted by molar-refractivity contribution is 6.06. The molecule has 0 saturated heterocycles. The van der Waals surface area contributed by atoms with Crippen LogP contribution >= 0.6 is 0 Å². The zero-order valence-electron chi connectivity index (χ0n) is 33.0. The van der Waals surface area contributed by atoms with Crippen molar-refractivity contribution in [3.8, 4) is 78.4 Å². The van der Waals surface area contributed by atoms with Crippen LogP contribution in [0.3, 0.4) is 0 Å². The summed E-state index contributed by atoms with van der Waals surface area (Å²) in [5, 5.41) is 4.72. The summed E-state index contributed by atoms with van der Waals surface area (Å²) in [5.41, 5.74) is 17.5. The van der Waals surface area contributed by atoms with E-state index in [4.69, 9.17) is 9.97 Å². The van der Waals surface area contributed by atoms with Crippen LogP contribution in [0.25, 0.3) is 100.0 Å². The molecule has 0 radical (unpaired) electrons. The molecule has 0 aliphatic heterocycles. The van der Waals surface area contributed by atoms with Gasteiger partial charge in [0.25, 0.3) is 0 Å². The molecule has 0 spiro atoms. The van der Waals surface area contributed by atoms with E-state index < -0.39 is 0 Å². The molecule has 0 unspecified atom stereocenters. The molecule has 0 atom stereocenters. The van der Waals surface area contributed by atoms with E-state index in [9.17, 15) is 0 Å². The molecule has 9 aromatic carbocycles. The summed E-state index contributed by atoms with van der Waals surface area (Å²) in [5.74, 6) is 0.708. The maximum atomic E-state index is 5.27. The second-order valence-electron chi connectivity index (χ2n) is 16.2. The van der Waals surface area contributed by atoms with Crippen LogP contribution < -0.4 is 0 Å². The number of fused-ring (bicyclic) bond motifs is 5. The number of hydrogen-bond donors (Lipinski definition) is 0. The number of aromatic nitrogens is 2. The maximum absolute atomic E-state index is 5.27. The molecule has 0 fully saturated rings. The van der Waals surface area contributed by atoms with Crippen LogP contribution in [0, 0.1) is 0 Å². The van der Waals surface area contributed by atoms with Gasteiger partial charge in [0.05, 0.1) is 11.4 Å². The molecule has 0 N–H and O–H groups in total. The predicted molar refractivity (Wildman–Crippen MR) is 247 cm³/mol. The van der Waals surface area contributed by atoms with Crippen LogP contribution in [-0.4, -0.2) is 9.97 Å².